The van der Waals surface area contributed by atoms with Crippen LogP contribution in [0.3, 0.4) is 0 Å². The molecule has 4 atom stereocenters. The van der Waals surface area contributed by atoms with E-state index < -0.39 is 24.1 Å². The fraction of sp³-hybridized carbons (Fsp3) is 0.720. The number of carbonyl (C=O) groups excluding carboxylic acids is 2. The van der Waals surface area contributed by atoms with Crippen molar-refractivity contribution < 1.29 is 38.0 Å². The van der Waals surface area contributed by atoms with Crippen molar-refractivity contribution in [3.05, 3.63) is 59.7 Å². The fourth-order valence-electron chi connectivity index (χ4n) is 9.94. The average Bonchev–Trinajstić information content (AvgIpc) is 3.24. The summed E-state index contributed by atoms with van der Waals surface area (Å²) in [7, 11) is 0. The van der Waals surface area contributed by atoms with E-state index in [1.165, 1.54) is 103 Å². The third kappa shape index (κ3) is 14.6. The Morgan fingerprint density at radius 1 is 0.552 bits per heavy atom. The maximum absolute atomic E-state index is 13.2. The lowest BCUT2D eigenvalue weighted by Crippen LogP contribution is -2.45. The Labute approximate surface area is 351 Å². The van der Waals surface area contributed by atoms with E-state index in [0.29, 0.717) is 24.0 Å². The van der Waals surface area contributed by atoms with Crippen LogP contribution < -0.4 is 9.47 Å². The molecule has 8 nitrogen and oxygen atoms in total. The Kier molecular flexibility index (Phi) is 20.9. The Morgan fingerprint density at radius 2 is 0.914 bits per heavy atom. The minimum Gasteiger partial charge on any atom is -0.494 e. The molecule has 2 unspecified atom stereocenters. The van der Waals surface area contributed by atoms with Crippen LogP contribution in [0.5, 0.6) is 11.5 Å². The molecule has 0 aliphatic heterocycles. The van der Waals surface area contributed by atoms with Gasteiger partial charge in [-0.25, -0.2) is 9.59 Å². The highest BCUT2D eigenvalue weighted by Gasteiger charge is 2.39. The molecule has 0 aromatic heterocycles. The van der Waals surface area contributed by atoms with Gasteiger partial charge < -0.3 is 28.4 Å². The van der Waals surface area contributed by atoms with Crippen LogP contribution in [-0.4, -0.2) is 50.6 Å². The predicted octanol–water partition coefficient (Wildman–Crippen LogP) is 12.4. The zero-order valence-electron chi connectivity index (χ0n) is 37.2. The van der Waals surface area contributed by atoms with Crippen molar-refractivity contribution in [3.63, 3.8) is 0 Å². The number of ether oxygens (including phenoxy) is 6. The van der Waals surface area contributed by atoms with Crippen molar-refractivity contribution in [2.45, 2.75) is 183 Å². The lowest BCUT2D eigenvalue weighted by atomic mass is 9.63. The molecule has 0 N–H and O–H groups in total. The summed E-state index contributed by atoms with van der Waals surface area (Å²) in [5.74, 6) is 1.78. The van der Waals surface area contributed by atoms with Gasteiger partial charge in [0.2, 0.25) is 0 Å². The van der Waals surface area contributed by atoms with Crippen molar-refractivity contribution in [2.24, 2.45) is 22.7 Å². The van der Waals surface area contributed by atoms with E-state index in [9.17, 15) is 9.59 Å². The largest absolute Gasteiger partial charge is 0.494 e. The van der Waals surface area contributed by atoms with Crippen LogP contribution in [0, 0.1) is 22.7 Å². The van der Waals surface area contributed by atoms with E-state index in [1.807, 2.05) is 48.5 Å². The molecule has 2 aliphatic rings. The molecule has 0 heterocycles. The van der Waals surface area contributed by atoms with E-state index >= 15 is 0 Å². The van der Waals surface area contributed by atoms with Crippen LogP contribution in [0.2, 0.25) is 0 Å². The molecule has 8 heteroatoms. The van der Waals surface area contributed by atoms with Crippen LogP contribution in [-0.2, 0) is 41.8 Å². The number of rotatable bonds is 27. The van der Waals surface area contributed by atoms with Crippen LogP contribution >= 0.6 is 0 Å². The van der Waals surface area contributed by atoms with Crippen molar-refractivity contribution >= 4 is 11.9 Å². The standard InChI is InChI=1S/C50H78O8/c1-7-19-39(5)49(29-13-11-14-30-49)33-17-35-55-43-25-21-41(22-26-43)37-57-45(47(51)53-9-3)46(48(52)54-10-4)58-38-42-23-27-44(28-24-42)56-36-18-34-50(40(6)20-8-2)31-15-12-16-32-50/h21-28,39-40,45-46H,7-20,29-38H2,1-6H3/t39?,40?,45-,46-/m1/s1. The number of benzene rings is 2. The molecule has 2 saturated carbocycles. The molecular formula is C50H78O8. The molecule has 58 heavy (non-hydrogen) atoms. The molecule has 0 spiro atoms. The second-order valence-electron chi connectivity index (χ2n) is 17.4. The molecular weight excluding hydrogens is 729 g/mol. The van der Waals surface area contributed by atoms with Gasteiger partial charge in [-0.05, 0) is 123 Å². The van der Waals surface area contributed by atoms with Crippen molar-refractivity contribution in [1.29, 1.82) is 0 Å². The summed E-state index contributed by atoms with van der Waals surface area (Å²) in [6.45, 7) is 14.8. The molecule has 0 amide bonds. The zero-order valence-corrected chi connectivity index (χ0v) is 37.2. The molecule has 2 aromatic carbocycles. The maximum atomic E-state index is 13.2. The summed E-state index contributed by atoms with van der Waals surface area (Å²) in [4.78, 5) is 26.5. The summed E-state index contributed by atoms with van der Waals surface area (Å²) < 4.78 is 35.3. The quantitative estimate of drug-likeness (QED) is 0.0651. The normalized spacial score (nSPS) is 18.4. The van der Waals surface area contributed by atoms with Gasteiger partial charge in [0.05, 0.1) is 39.6 Å². The van der Waals surface area contributed by atoms with Gasteiger partial charge in [-0.1, -0.05) is 116 Å². The Bertz CT molecular complexity index is 1320. The van der Waals surface area contributed by atoms with E-state index in [1.54, 1.807) is 13.8 Å². The average molecular weight is 807 g/mol. The first-order chi connectivity index (χ1) is 28.2. The fourth-order valence-corrected chi connectivity index (χ4v) is 9.94. The second kappa shape index (κ2) is 25.5. The van der Waals surface area contributed by atoms with Crippen LogP contribution in [0.4, 0.5) is 0 Å². The highest BCUT2D eigenvalue weighted by molar-refractivity contribution is 5.85. The Hall–Kier alpha value is -3.10. The minimum absolute atomic E-state index is 0.0749. The van der Waals surface area contributed by atoms with Gasteiger partial charge in [-0.15, -0.1) is 0 Å². The van der Waals surface area contributed by atoms with Crippen molar-refractivity contribution in [3.8, 4) is 11.5 Å². The van der Waals surface area contributed by atoms with Gasteiger partial charge >= 0.3 is 11.9 Å². The third-order valence-electron chi connectivity index (χ3n) is 13.4. The van der Waals surface area contributed by atoms with Crippen LogP contribution in [0.15, 0.2) is 48.5 Å². The van der Waals surface area contributed by atoms with E-state index in [0.717, 1.165) is 47.3 Å². The van der Waals surface area contributed by atoms with Crippen LogP contribution in [0.25, 0.3) is 0 Å². The molecule has 0 saturated heterocycles. The first-order valence-corrected chi connectivity index (χ1v) is 23.2. The monoisotopic (exact) mass is 807 g/mol. The summed E-state index contributed by atoms with van der Waals surface area (Å²) in [5.41, 5.74) is 2.59. The SMILES string of the molecule is CCCC(C)C1(CCCOc2ccc(CO[C@@H](C(=O)OCC)[C@@H](OCc3ccc(OCCCC4(C(C)CCC)CCCCC4)cc3)C(=O)OCC)cc2)CCCCC1. The van der Waals surface area contributed by atoms with Crippen molar-refractivity contribution in [1.82, 2.24) is 0 Å². The number of carbonyl (C=O) groups is 2. The van der Waals surface area contributed by atoms with E-state index in [4.69, 9.17) is 28.4 Å². The highest BCUT2D eigenvalue weighted by atomic mass is 16.6. The molecule has 2 aromatic rings. The maximum Gasteiger partial charge on any atom is 0.338 e. The first kappa shape index (κ1) is 47.6. The predicted molar refractivity (Wildman–Crippen MR) is 232 cm³/mol. The summed E-state index contributed by atoms with van der Waals surface area (Å²) in [5, 5.41) is 0. The summed E-state index contributed by atoms with van der Waals surface area (Å²) >= 11 is 0. The van der Waals surface area contributed by atoms with E-state index in [-0.39, 0.29) is 26.4 Å². The number of esters is 2. The van der Waals surface area contributed by atoms with Gasteiger partial charge in [-0.2, -0.15) is 0 Å². The smallest absolute Gasteiger partial charge is 0.338 e. The molecule has 2 fully saturated rings. The lowest BCUT2D eigenvalue weighted by Gasteiger charge is -2.43. The van der Waals surface area contributed by atoms with Gasteiger partial charge in [0.1, 0.15) is 11.5 Å². The molecule has 2 aliphatic carbocycles. The summed E-state index contributed by atoms with van der Waals surface area (Å²) in [6.07, 6.45) is 20.5. The van der Waals surface area contributed by atoms with E-state index in [2.05, 4.69) is 27.7 Å². The molecule has 0 radical (unpaired) electrons. The number of hydrogen-bond donors (Lipinski definition) is 0. The molecule has 4 rings (SSSR count). The second-order valence-corrected chi connectivity index (χ2v) is 17.4. The number of hydrogen-bond acceptors (Lipinski definition) is 8. The first-order valence-electron chi connectivity index (χ1n) is 23.2. The topological polar surface area (TPSA) is 89.5 Å². The summed E-state index contributed by atoms with van der Waals surface area (Å²) in [6, 6.07) is 15.4. The Balaban J connectivity index is 1.29. The Morgan fingerprint density at radius 3 is 1.24 bits per heavy atom. The van der Waals surface area contributed by atoms with Crippen molar-refractivity contribution in [2.75, 3.05) is 26.4 Å². The third-order valence-corrected chi connectivity index (χ3v) is 13.4. The zero-order chi connectivity index (χ0) is 41.6. The van der Waals surface area contributed by atoms with Gasteiger partial charge in [0.25, 0.3) is 0 Å². The van der Waals surface area contributed by atoms with Gasteiger partial charge in [-0.3, -0.25) is 0 Å². The minimum atomic E-state index is -1.31. The van der Waals surface area contributed by atoms with Gasteiger partial charge in [0, 0.05) is 0 Å². The highest BCUT2D eigenvalue weighted by Crippen LogP contribution is 2.49. The molecule has 0 bridgehead atoms. The molecule has 326 valence electrons. The van der Waals surface area contributed by atoms with Gasteiger partial charge in [0.15, 0.2) is 12.2 Å². The lowest BCUT2D eigenvalue weighted by molar-refractivity contribution is -0.185. The van der Waals surface area contributed by atoms with Crippen LogP contribution in [0.1, 0.15) is 168 Å².